The van der Waals surface area contributed by atoms with Crippen molar-refractivity contribution in [2.24, 2.45) is 11.7 Å². The molecule has 2 N–H and O–H groups in total. The normalized spacial score (nSPS) is 24.9. The highest BCUT2D eigenvalue weighted by atomic mass is 32.1. The Bertz CT molecular complexity index is 338. The van der Waals surface area contributed by atoms with Gasteiger partial charge < -0.3 is 10.6 Å². The zero-order valence-corrected chi connectivity index (χ0v) is 10.8. The van der Waals surface area contributed by atoms with Crippen LogP contribution in [0.3, 0.4) is 0 Å². The number of hydrogen-bond acceptors (Lipinski definition) is 5. The number of nitrogens with zero attached hydrogens (tertiary/aromatic N) is 3. The first-order valence-corrected chi connectivity index (χ1v) is 6.79. The number of nitrogens with two attached hydrogens (primary N) is 1. The molecule has 16 heavy (non-hydrogen) atoms. The maximum absolute atomic E-state index is 5.81. The van der Waals surface area contributed by atoms with Crippen molar-refractivity contribution >= 4 is 16.7 Å². The Morgan fingerprint density at radius 2 is 2.31 bits per heavy atom. The number of aryl methyl sites for hydroxylation is 1. The Kier molecular flexibility index (Phi) is 3.76. The third-order valence-electron chi connectivity index (χ3n) is 3.49. The van der Waals surface area contributed by atoms with Gasteiger partial charge in [-0.2, -0.15) is 4.37 Å². The second kappa shape index (κ2) is 5.10. The SMILES string of the molecule is CCc1nsc(N(C)C2CCCC2CN)n1. The fourth-order valence-corrected chi connectivity index (χ4v) is 3.24. The molecular formula is C11H20N4S. The van der Waals surface area contributed by atoms with Crippen molar-refractivity contribution in [3.8, 4) is 0 Å². The molecule has 0 aromatic carbocycles. The average molecular weight is 240 g/mol. The van der Waals surface area contributed by atoms with Crippen molar-refractivity contribution in [3.05, 3.63) is 5.82 Å². The number of aromatic nitrogens is 2. The van der Waals surface area contributed by atoms with E-state index >= 15 is 0 Å². The molecule has 2 unspecified atom stereocenters. The summed E-state index contributed by atoms with van der Waals surface area (Å²) in [6.07, 6.45) is 4.69. The Balaban J connectivity index is 2.08. The summed E-state index contributed by atoms with van der Waals surface area (Å²) < 4.78 is 4.34. The molecule has 1 aliphatic rings. The Hall–Kier alpha value is -0.680. The maximum Gasteiger partial charge on any atom is 0.205 e. The van der Waals surface area contributed by atoms with E-state index in [9.17, 15) is 0 Å². The van der Waals surface area contributed by atoms with Crippen molar-refractivity contribution in [1.29, 1.82) is 0 Å². The molecule has 0 amide bonds. The van der Waals surface area contributed by atoms with Crippen LogP contribution >= 0.6 is 11.5 Å². The molecule has 0 saturated heterocycles. The zero-order valence-electron chi connectivity index (χ0n) is 10.0. The predicted molar refractivity (Wildman–Crippen MR) is 67.9 cm³/mol. The van der Waals surface area contributed by atoms with Crippen molar-refractivity contribution in [2.45, 2.75) is 38.6 Å². The fourth-order valence-electron chi connectivity index (χ4n) is 2.48. The van der Waals surface area contributed by atoms with E-state index in [1.165, 1.54) is 30.8 Å². The van der Waals surface area contributed by atoms with Gasteiger partial charge in [0.15, 0.2) is 0 Å². The first-order valence-electron chi connectivity index (χ1n) is 6.01. The summed E-state index contributed by atoms with van der Waals surface area (Å²) >= 11 is 1.51. The Morgan fingerprint density at radius 3 is 2.94 bits per heavy atom. The van der Waals surface area contributed by atoms with Gasteiger partial charge in [-0.05, 0) is 25.3 Å². The molecule has 0 spiro atoms. The molecule has 4 nitrogen and oxygen atoms in total. The van der Waals surface area contributed by atoms with Gasteiger partial charge in [-0.15, -0.1) is 0 Å². The highest BCUT2D eigenvalue weighted by molar-refractivity contribution is 7.09. The largest absolute Gasteiger partial charge is 0.347 e. The van der Waals surface area contributed by atoms with Gasteiger partial charge in [0.05, 0.1) is 0 Å². The van der Waals surface area contributed by atoms with Gasteiger partial charge in [-0.25, -0.2) is 4.98 Å². The molecule has 0 bridgehead atoms. The monoisotopic (exact) mass is 240 g/mol. The van der Waals surface area contributed by atoms with Crippen LogP contribution < -0.4 is 10.6 Å². The lowest BCUT2D eigenvalue weighted by Crippen LogP contribution is -2.37. The van der Waals surface area contributed by atoms with Crippen LogP contribution in [-0.2, 0) is 6.42 Å². The van der Waals surface area contributed by atoms with Crippen LogP contribution in [0.1, 0.15) is 32.0 Å². The second-order valence-corrected chi connectivity index (χ2v) is 5.18. The standard InChI is InChI=1S/C11H20N4S/c1-3-10-13-11(16-14-10)15(2)9-6-4-5-8(9)7-12/h8-9H,3-7,12H2,1-2H3. The van der Waals surface area contributed by atoms with E-state index in [1.54, 1.807) is 0 Å². The van der Waals surface area contributed by atoms with Gasteiger partial charge >= 0.3 is 0 Å². The summed E-state index contributed by atoms with van der Waals surface area (Å²) in [5.41, 5.74) is 5.81. The van der Waals surface area contributed by atoms with E-state index in [0.29, 0.717) is 12.0 Å². The molecular weight excluding hydrogens is 220 g/mol. The van der Waals surface area contributed by atoms with Crippen LogP contribution in [0.2, 0.25) is 0 Å². The lowest BCUT2D eigenvalue weighted by Gasteiger charge is -2.28. The van der Waals surface area contributed by atoms with Gasteiger partial charge in [0.2, 0.25) is 5.13 Å². The smallest absolute Gasteiger partial charge is 0.205 e. The van der Waals surface area contributed by atoms with Gasteiger partial charge in [0.25, 0.3) is 0 Å². The molecule has 1 saturated carbocycles. The minimum Gasteiger partial charge on any atom is -0.347 e. The summed E-state index contributed by atoms with van der Waals surface area (Å²) in [6, 6.07) is 0.558. The first kappa shape index (κ1) is 11.8. The van der Waals surface area contributed by atoms with E-state index in [0.717, 1.165) is 23.9 Å². The van der Waals surface area contributed by atoms with E-state index in [2.05, 4.69) is 28.2 Å². The molecule has 0 aliphatic heterocycles. The minimum atomic E-state index is 0.558. The van der Waals surface area contributed by atoms with Crippen LogP contribution in [-0.4, -0.2) is 29.0 Å². The Morgan fingerprint density at radius 1 is 1.50 bits per heavy atom. The third-order valence-corrected chi connectivity index (χ3v) is 4.34. The molecule has 0 radical (unpaired) electrons. The van der Waals surface area contributed by atoms with Crippen LogP contribution in [0, 0.1) is 5.92 Å². The van der Waals surface area contributed by atoms with E-state index < -0.39 is 0 Å². The van der Waals surface area contributed by atoms with Crippen LogP contribution in [0.15, 0.2) is 0 Å². The zero-order chi connectivity index (χ0) is 11.5. The lowest BCUT2D eigenvalue weighted by molar-refractivity contribution is 0.474. The molecule has 1 aromatic rings. The topological polar surface area (TPSA) is 55.0 Å². The molecule has 1 aliphatic carbocycles. The second-order valence-electron chi connectivity index (χ2n) is 4.45. The van der Waals surface area contributed by atoms with E-state index in [4.69, 9.17) is 5.73 Å². The summed E-state index contributed by atoms with van der Waals surface area (Å²) in [5, 5.41) is 1.04. The maximum atomic E-state index is 5.81. The number of rotatable bonds is 4. The van der Waals surface area contributed by atoms with Crippen LogP contribution in [0.4, 0.5) is 5.13 Å². The molecule has 90 valence electrons. The molecule has 1 heterocycles. The summed E-state index contributed by atoms with van der Waals surface area (Å²) in [6.45, 7) is 2.87. The molecule has 2 rings (SSSR count). The molecule has 5 heteroatoms. The van der Waals surface area contributed by atoms with Gasteiger partial charge in [0, 0.05) is 31.0 Å². The minimum absolute atomic E-state index is 0.558. The molecule has 1 aromatic heterocycles. The lowest BCUT2D eigenvalue weighted by atomic mass is 10.0. The highest BCUT2D eigenvalue weighted by Crippen LogP contribution is 2.32. The van der Waals surface area contributed by atoms with Crippen molar-refractivity contribution in [1.82, 2.24) is 9.36 Å². The van der Waals surface area contributed by atoms with E-state index in [-0.39, 0.29) is 0 Å². The van der Waals surface area contributed by atoms with Crippen LogP contribution in [0.5, 0.6) is 0 Å². The Labute approximate surface area is 101 Å². The van der Waals surface area contributed by atoms with Crippen molar-refractivity contribution < 1.29 is 0 Å². The molecule has 2 atom stereocenters. The van der Waals surface area contributed by atoms with Crippen molar-refractivity contribution in [3.63, 3.8) is 0 Å². The first-order chi connectivity index (χ1) is 7.76. The summed E-state index contributed by atoms with van der Waals surface area (Å²) in [5.74, 6) is 1.58. The molecule has 1 fully saturated rings. The summed E-state index contributed by atoms with van der Waals surface area (Å²) in [7, 11) is 2.12. The van der Waals surface area contributed by atoms with Gasteiger partial charge in [-0.1, -0.05) is 13.3 Å². The van der Waals surface area contributed by atoms with E-state index in [1.807, 2.05) is 0 Å². The fraction of sp³-hybridized carbons (Fsp3) is 0.818. The third kappa shape index (κ3) is 2.20. The van der Waals surface area contributed by atoms with Crippen molar-refractivity contribution in [2.75, 3.05) is 18.5 Å². The predicted octanol–water partition coefficient (Wildman–Crippen LogP) is 1.66. The summed E-state index contributed by atoms with van der Waals surface area (Å²) in [4.78, 5) is 6.81. The number of hydrogen-bond donors (Lipinski definition) is 1. The number of anilines is 1. The van der Waals surface area contributed by atoms with Crippen LogP contribution in [0.25, 0.3) is 0 Å². The average Bonchev–Trinajstić information content (AvgIpc) is 2.96. The highest BCUT2D eigenvalue weighted by Gasteiger charge is 2.30. The van der Waals surface area contributed by atoms with Gasteiger partial charge in [-0.3, -0.25) is 0 Å². The quantitative estimate of drug-likeness (QED) is 0.869. The van der Waals surface area contributed by atoms with Gasteiger partial charge in [0.1, 0.15) is 5.82 Å².